The predicted octanol–water partition coefficient (Wildman–Crippen LogP) is 3.96. The molecule has 0 aromatic heterocycles. The number of nitrogens with one attached hydrogen (secondary N) is 2. The Kier molecular flexibility index (Phi) is 7.21. The van der Waals surface area contributed by atoms with Crippen molar-refractivity contribution >= 4 is 29.2 Å². The van der Waals surface area contributed by atoms with Gasteiger partial charge in [0.2, 0.25) is 0 Å². The normalized spacial score (nSPS) is 16.7. The lowest BCUT2D eigenvalue weighted by Crippen LogP contribution is -2.39. The van der Waals surface area contributed by atoms with Crippen molar-refractivity contribution in [3.63, 3.8) is 0 Å². The van der Waals surface area contributed by atoms with Crippen molar-refractivity contribution in [2.75, 3.05) is 26.8 Å². The molecule has 4 nitrogen and oxygen atoms in total. The van der Waals surface area contributed by atoms with Crippen LogP contribution in [0.1, 0.15) is 31.4 Å². The lowest BCUT2D eigenvalue weighted by Gasteiger charge is -2.19. The Labute approximate surface area is 147 Å². The first-order valence-electron chi connectivity index (χ1n) is 7.78. The maximum Gasteiger partial charge on any atom is 0.191 e. The molecule has 1 unspecified atom stereocenters. The van der Waals surface area contributed by atoms with Crippen molar-refractivity contribution in [3.8, 4) is 0 Å². The molecule has 0 radical (unpaired) electrons. The van der Waals surface area contributed by atoms with E-state index < -0.39 is 0 Å². The second-order valence-corrected chi connectivity index (χ2v) is 6.29. The van der Waals surface area contributed by atoms with Crippen LogP contribution in [0.3, 0.4) is 0 Å². The first-order valence-corrected chi connectivity index (χ1v) is 8.53. The first-order chi connectivity index (χ1) is 11.1. The van der Waals surface area contributed by atoms with Gasteiger partial charge in [-0.05, 0) is 37.5 Å². The number of guanidine groups is 1. The standard InChI is InChI=1S/C17H23Cl2N3O/c1-12(14-3-4-15(18)16(19)11-14)22-17(20-2)21-8-5-13-6-9-23-10-7-13/h3-4,6,11-12H,5,7-10H2,1-2H3,(H2,20,21,22). The molecule has 1 aliphatic heterocycles. The van der Waals surface area contributed by atoms with Crippen molar-refractivity contribution in [1.29, 1.82) is 0 Å². The summed E-state index contributed by atoms with van der Waals surface area (Å²) in [5.74, 6) is 0.774. The van der Waals surface area contributed by atoms with Crippen LogP contribution in [-0.4, -0.2) is 32.8 Å². The van der Waals surface area contributed by atoms with Crippen molar-refractivity contribution in [2.45, 2.75) is 25.8 Å². The zero-order valence-corrected chi connectivity index (χ0v) is 15.0. The molecular weight excluding hydrogens is 333 g/mol. The molecule has 2 rings (SSSR count). The van der Waals surface area contributed by atoms with E-state index >= 15 is 0 Å². The number of nitrogens with zero attached hydrogens (tertiary/aromatic N) is 1. The summed E-state index contributed by atoms with van der Waals surface area (Å²) in [6.07, 6.45) is 4.19. The Morgan fingerprint density at radius 2 is 2.17 bits per heavy atom. The average Bonchev–Trinajstić information content (AvgIpc) is 2.57. The number of aliphatic imine (C=N–C) groups is 1. The molecule has 23 heavy (non-hydrogen) atoms. The highest BCUT2D eigenvalue weighted by molar-refractivity contribution is 6.42. The molecule has 0 spiro atoms. The fraction of sp³-hybridized carbons (Fsp3) is 0.471. The quantitative estimate of drug-likeness (QED) is 0.477. The molecule has 0 saturated heterocycles. The topological polar surface area (TPSA) is 45.7 Å². The Morgan fingerprint density at radius 3 is 2.83 bits per heavy atom. The molecule has 1 heterocycles. The van der Waals surface area contributed by atoms with Crippen molar-refractivity contribution in [2.24, 2.45) is 4.99 Å². The maximum atomic E-state index is 6.08. The molecule has 1 aromatic carbocycles. The highest BCUT2D eigenvalue weighted by atomic mass is 35.5. The number of benzene rings is 1. The zero-order valence-electron chi connectivity index (χ0n) is 13.5. The lowest BCUT2D eigenvalue weighted by molar-refractivity contribution is 0.153. The largest absolute Gasteiger partial charge is 0.377 e. The monoisotopic (exact) mass is 355 g/mol. The molecule has 126 valence electrons. The molecule has 1 aliphatic rings. The van der Waals surface area contributed by atoms with Gasteiger partial charge in [0, 0.05) is 13.6 Å². The summed E-state index contributed by atoms with van der Waals surface area (Å²) in [7, 11) is 1.77. The van der Waals surface area contributed by atoms with E-state index in [1.165, 1.54) is 5.57 Å². The Balaban J connectivity index is 1.83. The van der Waals surface area contributed by atoms with Crippen molar-refractivity contribution < 1.29 is 4.74 Å². The molecular formula is C17H23Cl2N3O. The van der Waals surface area contributed by atoms with Gasteiger partial charge in [-0.25, -0.2) is 0 Å². The van der Waals surface area contributed by atoms with Gasteiger partial charge in [-0.2, -0.15) is 0 Å². The van der Waals surface area contributed by atoms with Crippen LogP contribution in [0.2, 0.25) is 10.0 Å². The van der Waals surface area contributed by atoms with E-state index in [1.54, 1.807) is 7.05 Å². The summed E-state index contributed by atoms with van der Waals surface area (Å²) in [5, 5.41) is 7.83. The van der Waals surface area contributed by atoms with E-state index in [9.17, 15) is 0 Å². The number of hydrogen-bond acceptors (Lipinski definition) is 2. The smallest absolute Gasteiger partial charge is 0.191 e. The van der Waals surface area contributed by atoms with Crippen LogP contribution in [0.5, 0.6) is 0 Å². The average molecular weight is 356 g/mol. The molecule has 6 heteroatoms. The number of ether oxygens (including phenoxy) is 1. The lowest BCUT2D eigenvalue weighted by atomic mass is 10.1. The Hall–Kier alpha value is -1.23. The number of hydrogen-bond donors (Lipinski definition) is 2. The highest BCUT2D eigenvalue weighted by Gasteiger charge is 2.10. The Morgan fingerprint density at radius 1 is 1.35 bits per heavy atom. The van der Waals surface area contributed by atoms with Crippen molar-refractivity contribution in [1.82, 2.24) is 10.6 Å². The second kappa shape index (κ2) is 9.16. The molecule has 0 bridgehead atoms. The second-order valence-electron chi connectivity index (χ2n) is 5.48. The van der Waals surface area contributed by atoms with Gasteiger partial charge in [-0.15, -0.1) is 0 Å². The van der Waals surface area contributed by atoms with Crippen LogP contribution in [-0.2, 0) is 4.74 Å². The molecule has 0 aliphatic carbocycles. The predicted molar refractivity (Wildman–Crippen MR) is 97.5 cm³/mol. The van der Waals surface area contributed by atoms with Gasteiger partial charge in [0.1, 0.15) is 0 Å². The maximum absolute atomic E-state index is 6.08. The highest BCUT2D eigenvalue weighted by Crippen LogP contribution is 2.25. The minimum Gasteiger partial charge on any atom is -0.377 e. The van der Waals surface area contributed by atoms with E-state index in [1.807, 2.05) is 18.2 Å². The van der Waals surface area contributed by atoms with E-state index in [4.69, 9.17) is 27.9 Å². The molecule has 1 atom stereocenters. The van der Waals surface area contributed by atoms with Crippen LogP contribution in [0.25, 0.3) is 0 Å². The third-order valence-corrected chi connectivity index (χ3v) is 4.56. The van der Waals surface area contributed by atoms with Crippen LogP contribution in [0.4, 0.5) is 0 Å². The summed E-state index contributed by atoms with van der Waals surface area (Å²) in [6.45, 7) is 4.47. The third-order valence-electron chi connectivity index (χ3n) is 3.82. The van der Waals surface area contributed by atoms with E-state index in [0.29, 0.717) is 10.0 Å². The minimum atomic E-state index is 0.0817. The van der Waals surface area contributed by atoms with Gasteiger partial charge in [0.25, 0.3) is 0 Å². The van der Waals surface area contributed by atoms with E-state index in [2.05, 4.69) is 28.6 Å². The summed E-state index contributed by atoms with van der Waals surface area (Å²) in [4.78, 5) is 4.27. The van der Waals surface area contributed by atoms with Gasteiger partial charge in [0.15, 0.2) is 5.96 Å². The van der Waals surface area contributed by atoms with Crippen LogP contribution < -0.4 is 10.6 Å². The first kappa shape index (κ1) is 18.1. The van der Waals surface area contributed by atoms with Gasteiger partial charge < -0.3 is 15.4 Å². The van der Waals surface area contributed by atoms with Gasteiger partial charge in [0.05, 0.1) is 29.3 Å². The van der Waals surface area contributed by atoms with E-state index in [-0.39, 0.29) is 6.04 Å². The fourth-order valence-electron chi connectivity index (χ4n) is 2.40. The van der Waals surface area contributed by atoms with Gasteiger partial charge >= 0.3 is 0 Å². The Bertz CT molecular complexity index is 587. The third kappa shape index (κ3) is 5.72. The molecule has 0 saturated carbocycles. The van der Waals surface area contributed by atoms with Gasteiger partial charge in [-0.1, -0.05) is 40.9 Å². The van der Waals surface area contributed by atoms with Crippen LogP contribution in [0.15, 0.2) is 34.8 Å². The molecule has 1 aromatic rings. The minimum absolute atomic E-state index is 0.0817. The molecule has 0 amide bonds. The number of halogens is 2. The fourth-order valence-corrected chi connectivity index (χ4v) is 2.71. The van der Waals surface area contributed by atoms with E-state index in [0.717, 1.165) is 44.1 Å². The molecule has 2 N–H and O–H groups in total. The summed E-state index contributed by atoms with van der Waals surface area (Å²) in [5.41, 5.74) is 2.51. The van der Waals surface area contributed by atoms with Crippen LogP contribution >= 0.6 is 23.2 Å². The summed E-state index contributed by atoms with van der Waals surface area (Å²) < 4.78 is 5.31. The molecule has 0 fully saturated rings. The summed E-state index contributed by atoms with van der Waals surface area (Å²) in [6, 6.07) is 5.73. The SMILES string of the molecule is CN=C(NCCC1=CCOCC1)NC(C)c1ccc(Cl)c(Cl)c1. The number of rotatable bonds is 5. The zero-order chi connectivity index (χ0) is 16.7. The van der Waals surface area contributed by atoms with Gasteiger partial charge in [-0.3, -0.25) is 4.99 Å². The van der Waals surface area contributed by atoms with Crippen LogP contribution in [0, 0.1) is 0 Å². The summed E-state index contributed by atoms with van der Waals surface area (Å²) >= 11 is 12.0. The van der Waals surface area contributed by atoms with Crippen molar-refractivity contribution in [3.05, 3.63) is 45.5 Å².